The molecule has 1 saturated carbocycles. The van der Waals surface area contributed by atoms with Crippen LogP contribution in [-0.4, -0.2) is 18.4 Å². The molecule has 2 amide bonds. The highest BCUT2D eigenvalue weighted by Crippen LogP contribution is 2.24. The third-order valence-corrected chi connectivity index (χ3v) is 4.09. The van der Waals surface area contributed by atoms with Gasteiger partial charge >= 0.3 is 0 Å². The molecule has 0 heterocycles. The molecule has 114 valence electrons. The van der Waals surface area contributed by atoms with E-state index in [2.05, 4.69) is 10.6 Å². The minimum atomic E-state index is -0.170. The van der Waals surface area contributed by atoms with E-state index in [9.17, 15) is 9.59 Å². The van der Waals surface area contributed by atoms with Gasteiger partial charge in [-0.15, -0.1) is 0 Å². The molecule has 0 aromatic heterocycles. The van der Waals surface area contributed by atoms with Crippen molar-refractivity contribution >= 4 is 17.5 Å². The standard InChI is InChI=1S/C17H24N2O2/c1-11-8-12(2)16(13(3)9-11)19-15(20)10-18-17(21)14-6-4-5-7-14/h8-9,14H,4-7,10H2,1-3H3,(H,18,21)(H,19,20). The number of amides is 2. The second kappa shape index (κ2) is 6.74. The van der Waals surface area contributed by atoms with E-state index in [0.29, 0.717) is 0 Å². The molecule has 0 unspecified atom stereocenters. The van der Waals surface area contributed by atoms with Gasteiger partial charge in [-0.05, 0) is 44.7 Å². The molecule has 2 rings (SSSR count). The number of nitrogens with one attached hydrogen (secondary N) is 2. The number of carbonyl (C=O) groups excluding carboxylic acids is 2. The molecule has 0 saturated heterocycles. The van der Waals surface area contributed by atoms with Crippen molar-refractivity contribution in [3.63, 3.8) is 0 Å². The Morgan fingerprint density at radius 1 is 1.10 bits per heavy atom. The maximum Gasteiger partial charge on any atom is 0.243 e. The van der Waals surface area contributed by atoms with Crippen molar-refractivity contribution in [3.8, 4) is 0 Å². The summed E-state index contributed by atoms with van der Waals surface area (Å²) >= 11 is 0. The quantitative estimate of drug-likeness (QED) is 0.895. The Morgan fingerprint density at radius 3 is 2.24 bits per heavy atom. The van der Waals surface area contributed by atoms with Crippen LogP contribution in [0, 0.1) is 26.7 Å². The molecule has 4 heteroatoms. The zero-order chi connectivity index (χ0) is 15.4. The van der Waals surface area contributed by atoms with Crippen LogP contribution in [-0.2, 0) is 9.59 Å². The molecule has 1 aliphatic rings. The SMILES string of the molecule is Cc1cc(C)c(NC(=O)CNC(=O)C2CCCC2)c(C)c1. The Labute approximate surface area is 126 Å². The number of hydrogen-bond acceptors (Lipinski definition) is 2. The Balaban J connectivity index is 1.88. The predicted octanol–water partition coefficient (Wildman–Crippen LogP) is 2.86. The summed E-state index contributed by atoms with van der Waals surface area (Å²) in [5.41, 5.74) is 4.11. The second-order valence-corrected chi connectivity index (χ2v) is 6.02. The topological polar surface area (TPSA) is 58.2 Å². The molecule has 1 aromatic rings. The summed E-state index contributed by atoms with van der Waals surface area (Å²) < 4.78 is 0. The summed E-state index contributed by atoms with van der Waals surface area (Å²) in [5, 5.41) is 5.64. The predicted molar refractivity (Wildman–Crippen MR) is 84.3 cm³/mol. The number of benzene rings is 1. The lowest BCUT2D eigenvalue weighted by Crippen LogP contribution is -2.36. The van der Waals surface area contributed by atoms with E-state index in [0.717, 1.165) is 42.5 Å². The van der Waals surface area contributed by atoms with Gasteiger partial charge in [0.2, 0.25) is 11.8 Å². The number of hydrogen-bond donors (Lipinski definition) is 2. The van der Waals surface area contributed by atoms with Gasteiger partial charge in [0.1, 0.15) is 0 Å². The monoisotopic (exact) mass is 288 g/mol. The summed E-state index contributed by atoms with van der Waals surface area (Å²) in [6.07, 6.45) is 4.13. The summed E-state index contributed by atoms with van der Waals surface area (Å²) in [6.45, 7) is 6.04. The molecule has 0 radical (unpaired) electrons. The summed E-state index contributed by atoms with van der Waals surface area (Å²) in [4.78, 5) is 23.9. The lowest BCUT2D eigenvalue weighted by Gasteiger charge is -2.14. The highest BCUT2D eigenvalue weighted by molar-refractivity contribution is 5.96. The first-order valence-electron chi connectivity index (χ1n) is 7.63. The van der Waals surface area contributed by atoms with E-state index in [1.54, 1.807) is 0 Å². The van der Waals surface area contributed by atoms with E-state index >= 15 is 0 Å². The van der Waals surface area contributed by atoms with E-state index in [1.807, 2.05) is 32.9 Å². The van der Waals surface area contributed by atoms with E-state index in [-0.39, 0.29) is 24.3 Å². The normalized spacial score (nSPS) is 15.0. The fourth-order valence-electron chi connectivity index (χ4n) is 3.06. The van der Waals surface area contributed by atoms with Crippen LogP contribution in [0.4, 0.5) is 5.69 Å². The first-order chi connectivity index (χ1) is 9.97. The van der Waals surface area contributed by atoms with E-state index < -0.39 is 0 Å². The molecule has 1 aliphatic carbocycles. The van der Waals surface area contributed by atoms with Gasteiger partial charge in [0, 0.05) is 11.6 Å². The number of carbonyl (C=O) groups is 2. The summed E-state index contributed by atoms with van der Waals surface area (Å²) in [6, 6.07) is 4.08. The zero-order valence-electron chi connectivity index (χ0n) is 13.1. The molecule has 2 N–H and O–H groups in total. The molecular weight excluding hydrogens is 264 g/mol. The third kappa shape index (κ3) is 4.06. The first kappa shape index (κ1) is 15.5. The van der Waals surface area contributed by atoms with Crippen LogP contribution in [0.3, 0.4) is 0 Å². The van der Waals surface area contributed by atoms with Gasteiger partial charge in [0.25, 0.3) is 0 Å². The average Bonchev–Trinajstić information content (AvgIpc) is 2.94. The Hall–Kier alpha value is -1.84. The average molecular weight is 288 g/mol. The number of anilines is 1. The van der Waals surface area contributed by atoms with Crippen LogP contribution < -0.4 is 10.6 Å². The molecule has 0 aliphatic heterocycles. The molecule has 1 fully saturated rings. The number of rotatable bonds is 4. The lowest BCUT2D eigenvalue weighted by molar-refractivity contribution is -0.127. The van der Waals surface area contributed by atoms with Gasteiger partial charge in [0.15, 0.2) is 0 Å². The maximum absolute atomic E-state index is 12.0. The van der Waals surface area contributed by atoms with Gasteiger partial charge in [-0.2, -0.15) is 0 Å². The van der Waals surface area contributed by atoms with Crippen molar-refractivity contribution in [2.45, 2.75) is 46.5 Å². The molecule has 4 nitrogen and oxygen atoms in total. The summed E-state index contributed by atoms with van der Waals surface area (Å²) in [7, 11) is 0. The van der Waals surface area contributed by atoms with Crippen molar-refractivity contribution in [2.75, 3.05) is 11.9 Å². The van der Waals surface area contributed by atoms with E-state index in [1.165, 1.54) is 5.56 Å². The second-order valence-electron chi connectivity index (χ2n) is 6.02. The van der Waals surface area contributed by atoms with E-state index in [4.69, 9.17) is 0 Å². The lowest BCUT2D eigenvalue weighted by atomic mass is 10.1. The summed E-state index contributed by atoms with van der Waals surface area (Å²) in [5.74, 6) is -0.0583. The molecular formula is C17H24N2O2. The molecule has 0 bridgehead atoms. The number of aryl methyl sites for hydroxylation is 3. The molecule has 0 spiro atoms. The highest BCUT2D eigenvalue weighted by atomic mass is 16.2. The first-order valence-corrected chi connectivity index (χ1v) is 7.63. The van der Waals surface area contributed by atoms with Crippen LogP contribution in [0.1, 0.15) is 42.4 Å². The van der Waals surface area contributed by atoms with Gasteiger partial charge in [-0.3, -0.25) is 9.59 Å². The largest absolute Gasteiger partial charge is 0.347 e. The van der Waals surface area contributed by atoms with Crippen LogP contribution in [0.2, 0.25) is 0 Å². The molecule has 21 heavy (non-hydrogen) atoms. The van der Waals surface area contributed by atoms with Crippen LogP contribution in [0.15, 0.2) is 12.1 Å². The van der Waals surface area contributed by atoms with Crippen molar-refractivity contribution in [1.29, 1.82) is 0 Å². The highest BCUT2D eigenvalue weighted by Gasteiger charge is 2.22. The van der Waals surface area contributed by atoms with Gasteiger partial charge < -0.3 is 10.6 Å². The van der Waals surface area contributed by atoms with Gasteiger partial charge in [-0.1, -0.05) is 30.5 Å². The van der Waals surface area contributed by atoms with Crippen molar-refractivity contribution < 1.29 is 9.59 Å². The van der Waals surface area contributed by atoms with Gasteiger partial charge in [-0.25, -0.2) is 0 Å². The third-order valence-electron chi connectivity index (χ3n) is 4.09. The minimum Gasteiger partial charge on any atom is -0.347 e. The van der Waals surface area contributed by atoms with Crippen molar-refractivity contribution in [1.82, 2.24) is 5.32 Å². The van der Waals surface area contributed by atoms with Crippen molar-refractivity contribution in [2.24, 2.45) is 5.92 Å². The van der Waals surface area contributed by atoms with Gasteiger partial charge in [0.05, 0.1) is 6.54 Å². The fraction of sp³-hybridized carbons (Fsp3) is 0.529. The van der Waals surface area contributed by atoms with Crippen LogP contribution in [0.5, 0.6) is 0 Å². The van der Waals surface area contributed by atoms with Crippen LogP contribution in [0.25, 0.3) is 0 Å². The Morgan fingerprint density at radius 2 is 1.67 bits per heavy atom. The molecule has 1 aromatic carbocycles. The smallest absolute Gasteiger partial charge is 0.243 e. The zero-order valence-corrected chi connectivity index (χ0v) is 13.1. The Kier molecular flexibility index (Phi) is 4.99. The van der Waals surface area contributed by atoms with Crippen LogP contribution >= 0.6 is 0 Å². The minimum absolute atomic E-state index is 0.0139. The maximum atomic E-state index is 12.0. The van der Waals surface area contributed by atoms with Crippen molar-refractivity contribution in [3.05, 3.63) is 28.8 Å². The molecule has 0 atom stereocenters. The Bertz CT molecular complexity index is 523. The fourth-order valence-corrected chi connectivity index (χ4v) is 3.06.